The van der Waals surface area contributed by atoms with Gasteiger partial charge in [-0.2, -0.15) is 0 Å². The number of hydrogen-bond donors (Lipinski definition) is 1. The Morgan fingerprint density at radius 1 is 1.17 bits per heavy atom. The summed E-state index contributed by atoms with van der Waals surface area (Å²) in [5.74, 6) is -0.127. The highest BCUT2D eigenvalue weighted by atomic mass is 16.5. The van der Waals surface area contributed by atoms with Gasteiger partial charge in [-0.05, 0) is 37.1 Å². The normalized spacial score (nSPS) is 11.8. The summed E-state index contributed by atoms with van der Waals surface area (Å²) >= 11 is 0. The molecule has 0 saturated heterocycles. The Balaban J connectivity index is 2.17. The first-order chi connectivity index (χ1) is 11.5. The van der Waals surface area contributed by atoms with E-state index in [2.05, 4.69) is 0 Å². The van der Waals surface area contributed by atoms with E-state index in [-0.39, 0.29) is 11.7 Å². The number of aryl methyl sites for hydroxylation is 1. The van der Waals surface area contributed by atoms with E-state index in [1.54, 1.807) is 13.2 Å². The van der Waals surface area contributed by atoms with Crippen molar-refractivity contribution in [1.82, 2.24) is 0 Å². The fourth-order valence-electron chi connectivity index (χ4n) is 2.28. The molecule has 1 N–H and O–H groups in total. The SMILES string of the molecule is COC[C@H](C)Oc1cc(OCc2ccccc2C)cc(C(=O)O)c1. The molecular weight excluding hydrogens is 308 g/mol. The van der Waals surface area contributed by atoms with Crippen LogP contribution in [0.5, 0.6) is 11.5 Å². The van der Waals surface area contributed by atoms with Gasteiger partial charge in [-0.15, -0.1) is 0 Å². The van der Waals surface area contributed by atoms with E-state index >= 15 is 0 Å². The highest BCUT2D eigenvalue weighted by Crippen LogP contribution is 2.25. The Labute approximate surface area is 141 Å². The predicted molar refractivity (Wildman–Crippen MR) is 90.9 cm³/mol. The molecule has 0 aliphatic carbocycles. The van der Waals surface area contributed by atoms with Crippen LogP contribution in [0.25, 0.3) is 0 Å². The molecule has 2 aromatic carbocycles. The topological polar surface area (TPSA) is 65.0 Å². The molecule has 0 aromatic heterocycles. The van der Waals surface area contributed by atoms with Crippen LogP contribution in [0.1, 0.15) is 28.4 Å². The Morgan fingerprint density at radius 3 is 2.54 bits per heavy atom. The van der Waals surface area contributed by atoms with Crippen LogP contribution in [0.4, 0.5) is 0 Å². The van der Waals surface area contributed by atoms with E-state index in [0.29, 0.717) is 24.7 Å². The minimum atomic E-state index is -1.03. The maximum atomic E-state index is 11.3. The zero-order chi connectivity index (χ0) is 17.5. The van der Waals surface area contributed by atoms with Gasteiger partial charge >= 0.3 is 5.97 Å². The summed E-state index contributed by atoms with van der Waals surface area (Å²) in [6.07, 6.45) is -0.191. The zero-order valence-electron chi connectivity index (χ0n) is 14.1. The van der Waals surface area contributed by atoms with E-state index in [1.807, 2.05) is 38.1 Å². The van der Waals surface area contributed by atoms with Crippen LogP contribution in [0, 0.1) is 6.92 Å². The van der Waals surface area contributed by atoms with Crippen molar-refractivity contribution in [3.63, 3.8) is 0 Å². The van der Waals surface area contributed by atoms with Crippen LogP contribution in [-0.4, -0.2) is 30.9 Å². The standard InChI is InChI=1S/C19H22O5/c1-13-6-4-5-7-15(13)12-23-17-8-16(19(20)21)9-18(10-17)24-14(2)11-22-3/h4-10,14H,11-12H2,1-3H3,(H,20,21)/t14-/m0/s1. The van der Waals surface area contributed by atoms with Gasteiger partial charge in [0.1, 0.15) is 24.2 Å². The molecule has 0 unspecified atom stereocenters. The molecule has 0 saturated carbocycles. The van der Waals surface area contributed by atoms with E-state index in [0.717, 1.165) is 11.1 Å². The number of methoxy groups -OCH3 is 1. The molecule has 0 radical (unpaired) electrons. The Kier molecular flexibility index (Phi) is 6.21. The second-order valence-electron chi connectivity index (χ2n) is 5.60. The van der Waals surface area contributed by atoms with E-state index in [1.165, 1.54) is 12.1 Å². The summed E-state index contributed by atoms with van der Waals surface area (Å²) < 4.78 is 16.5. The minimum absolute atomic E-state index is 0.122. The molecule has 2 aromatic rings. The average molecular weight is 330 g/mol. The number of aromatic carboxylic acids is 1. The van der Waals surface area contributed by atoms with Crippen molar-refractivity contribution in [1.29, 1.82) is 0 Å². The highest BCUT2D eigenvalue weighted by Gasteiger charge is 2.11. The summed E-state index contributed by atoms with van der Waals surface area (Å²) in [6, 6.07) is 12.6. The first-order valence-corrected chi connectivity index (χ1v) is 7.71. The van der Waals surface area contributed by atoms with Crippen LogP contribution in [0.2, 0.25) is 0 Å². The van der Waals surface area contributed by atoms with Gasteiger partial charge in [0, 0.05) is 13.2 Å². The first-order valence-electron chi connectivity index (χ1n) is 7.71. The monoisotopic (exact) mass is 330 g/mol. The molecule has 128 valence electrons. The van der Waals surface area contributed by atoms with Crippen molar-refractivity contribution in [2.45, 2.75) is 26.6 Å². The van der Waals surface area contributed by atoms with Gasteiger partial charge in [0.15, 0.2) is 0 Å². The molecule has 24 heavy (non-hydrogen) atoms. The number of rotatable bonds is 8. The van der Waals surface area contributed by atoms with E-state index < -0.39 is 5.97 Å². The van der Waals surface area contributed by atoms with Crippen molar-refractivity contribution in [2.24, 2.45) is 0 Å². The fourth-order valence-corrected chi connectivity index (χ4v) is 2.28. The summed E-state index contributed by atoms with van der Waals surface area (Å²) in [7, 11) is 1.59. The maximum Gasteiger partial charge on any atom is 0.335 e. The van der Waals surface area contributed by atoms with Crippen molar-refractivity contribution in [2.75, 3.05) is 13.7 Å². The summed E-state index contributed by atoms with van der Waals surface area (Å²) in [4.78, 5) is 11.3. The molecule has 0 fully saturated rings. The Morgan fingerprint density at radius 2 is 1.88 bits per heavy atom. The molecule has 2 rings (SSSR count). The summed E-state index contributed by atoms with van der Waals surface area (Å²) in [5.41, 5.74) is 2.29. The third-order valence-corrected chi connectivity index (χ3v) is 3.52. The molecule has 1 atom stereocenters. The zero-order valence-corrected chi connectivity index (χ0v) is 14.1. The molecule has 5 heteroatoms. The Hall–Kier alpha value is -2.53. The fraction of sp³-hybridized carbons (Fsp3) is 0.316. The highest BCUT2D eigenvalue weighted by molar-refractivity contribution is 5.88. The van der Waals surface area contributed by atoms with Crippen molar-refractivity contribution >= 4 is 5.97 Å². The smallest absolute Gasteiger partial charge is 0.335 e. The minimum Gasteiger partial charge on any atom is -0.489 e. The van der Waals surface area contributed by atoms with Crippen molar-refractivity contribution in [3.8, 4) is 11.5 Å². The van der Waals surface area contributed by atoms with Crippen molar-refractivity contribution in [3.05, 3.63) is 59.2 Å². The Bertz CT molecular complexity index is 696. The third kappa shape index (κ3) is 4.99. The molecule has 0 heterocycles. The number of hydrogen-bond acceptors (Lipinski definition) is 4. The lowest BCUT2D eigenvalue weighted by molar-refractivity contribution is 0.0693. The average Bonchev–Trinajstić information content (AvgIpc) is 2.54. The lowest BCUT2D eigenvalue weighted by Crippen LogP contribution is -2.18. The van der Waals surface area contributed by atoms with Gasteiger partial charge in [-0.25, -0.2) is 4.79 Å². The predicted octanol–water partition coefficient (Wildman–Crippen LogP) is 3.69. The van der Waals surface area contributed by atoms with Crippen LogP contribution in [0.3, 0.4) is 0 Å². The second kappa shape index (κ2) is 8.36. The van der Waals surface area contributed by atoms with Crippen LogP contribution in [-0.2, 0) is 11.3 Å². The molecule has 0 amide bonds. The number of carboxylic acid groups (broad SMARTS) is 1. The van der Waals surface area contributed by atoms with Gasteiger partial charge in [0.2, 0.25) is 0 Å². The van der Waals surface area contributed by atoms with Crippen LogP contribution in [0.15, 0.2) is 42.5 Å². The van der Waals surface area contributed by atoms with Gasteiger partial charge in [0.05, 0.1) is 12.2 Å². The molecule has 5 nitrogen and oxygen atoms in total. The largest absolute Gasteiger partial charge is 0.489 e. The first kappa shape index (κ1) is 17.8. The quantitative estimate of drug-likeness (QED) is 0.800. The molecule has 0 spiro atoms. The van der Waals surface area contributed by atoms with Crippen LogP contribution < -0.4 is 9.47 Å². The van der Waals surface area contributed by atoms with Crippen LogP contribution >= 0.6 is 0 Å². The van der Waals surface area contributed by atoms with Gasteiger partial charge in [0.25, 0.3) is 0 Å². The number of carboxylic acids is 1. The number of benzene rings is 2. The molecule has 0 bridgehead atoms. The van der Waals surface area contributed by atoms with Gasteiger partial charge in [-0.3, -0.25) is 0 Å². The van der Waals surface area contributed by atoms with Gasteiger partial charge < -0.3 is 19.3 Å². The van der Waals surface area contributed by atoms with Crippen molar-refractivity contribution < 1.29 is 24.1 Å². The van der Waals surface area contributed by atoms with E-state index in [9.17, 15) is 9.90 Å². The second-order valence-corrected chi connectivity index (χ2v) is 5.60. The van der Waals surface area contributed by atoms with Gasteiger partial charge in [-0.1, -0.05) is 24.3 Å². The van der Waals surface area contributed by atoms with E-state index in [4.69, 9.17) is 14.2 Å². The number of ether oxygens (including phenoxy) is 3. The molecule has 0 aliphatic heterocycles. The summed E-state index contributed by atoms with van der Waals surface area (Å²) in [5, 5.41) is 9.26. The molecular formula is C19H22O5. The number of carbonyl (C=O) groups is 1. The lowest BCUT2D eigenvalue weighted by atomic mass is 10.1. The summed E-state index contributed by atoms with van der Waals surface area (Å²) in [6.45, 7) is 4.64. The molecule has 0 aliphatic rings. The third-order valence-electron chi connectivity index (χ3n) is 3.52. The maximum absolute atomic E-state index is 11.3. The lowest BCUT2D eigenvalue weighted by Gasteiger charge is -2.16.